The molecule has 1 aromatic heterocycles. The maximum absolute atomic E-state index is 12.8. The van der Waals surface area contributed by atoms with Crippen molar-refractivity contribution >= 4 is 23.2 Å². The number of benzene rings is 3. The Balaban J connectivity index is 1.49. The Kier molecular flexibility index (Phi) is 7.58. The highest BCUT2D eigenvalue weighted by molar-refractivity contribution is 5.96. The molecule has 0 saturated heterocycles. The Morgan fingerprint density at radius 3 is 2.43 bits per heavy atom. The third kappa shape index (κ3) is 6.17. The lowest BCUT2D eigenvalue weighted by atomic mass is 10.1. The van der Waals surface area contributed by atoms with E-state index < -0.39 is 10.8 Å². The summed E-state index contributed by atoms with van der Waals surface area (Å²) in [6.45, 7) is 1.67. The predicted molar refractivity (Wildman–Crippen MR) is 139 cm³/mol. The second kappa shape index (κ2) is 11.2. The molecule has 1 heterocycles. The number of amides is 2. The first-order valence-corrected chi connectivity index (χ1v) is 11.4. The number of ether oxygens (including phenoxy) is 1. The van der Waals surface area contributed by atoms with Crippen molar-refractivity contribution in [2.45, 2.75) is 13.3 Å². The number of carbonyl (C=O) groups excluding carboxylic acids is 2. The normalized spacial score (nSPS) is 10.5. The Morgan fingerprint density at radius 1 is 1.03 bits per heavy atom. The van der Waals surface area contributed by atoms with Gasteiger partial charge in [0.1, 0.15) is 5.75 Å². The monoisotopic (exact) mass is 499 g/mol. The van der Waals surface area contributed by atoms with Crippen molar-refractivity contribution in [3.63, 3.8) is 0 Å². The van der Waals surface area contributed by atoms with Crippen LogP contribution in [0.3, 0.4) is 0 Å². The van der Waals surface area contributed by atoms with Gasteiger partial charge < -0.3 is 15.4 Å². The number of carbonyl (C=O) groups is 2. The molecule has 188 valence electrons. The summed E-state index contributed by atoms with van der Waals surface area (Å²) >= 11 is 0. The van der Waals surface area contributed by atoms with Crippen LogP contribution in [0.4, 0.5) is 11.4 Å². The van der Waals surface area contributed by atoms with Gasteiger partial charge in [-0.3, -0.25) is 19.7 Å². The van der Waals surface area contributed by atoms with E-state index in [4.69, 9.17) is 4.74 Å². The molecule has 0 radical (unpaired) electrons. The Bertz CT molecular complexity index is 1430. The van der Waals surface area contributed by atoms with Crippen LogP contribution in [-0.4, -0.2) is 40.2 Å². The highest BCUT2D eigenvalue weighted by Crippen LogP contribution is 2.27. The predicted octanol–water partition coefficient (Wildman–Crippen LogP) is 4.06. The number of hydrogen-bond acceptors (Lipinski definition) is 6. The molecule has 0 spiro atoms. The van der Waals surface area contributed by atoms with Crippen LogP contribution in [0.1, 0.15) is 11.1 Å². The van der Waals surface area contributed by atoms with Gasteiger partial charge in [-0.15, -0.1) is 0 Å². The minimum Gasteiger partial charge on any atom is -0.495 e. The average Bonchev–Trinajstić information content (AvgIpc) is 3.32. The Morgan fingerprint density at radius 2 is 1.76 bits per heavy atom. The van der Waals surface area contributed by atoms with Gasteiger partial charge >= 0.3 is 0 Å². The Labute approximate surface area is 213 Å². The summed E-state index contributed by atoms with van der Waals surface area (Å²) in [6.07, 6.45) is 1.70. The van der Waals surface area contributed by atoms with Crippen molar-refractivity contribution in [2.24, 2.45) is 0 Å². The van der Waals surface area contributed by atoms with Gasteiger partial charge in [0, 0.05) is 29.5 Å². The molecule has 10 nitrogen and oxygen atoms in total. The molecule has 0 bridgehead atoms. The van der Waals surface area contributed by atoms with Crippen molar-refractivity contribution in [2.75, 3.05) is 19.0 Å². The molecule has 0 aliphatic rings. The molecule has 0 unspecified atom stereocenters. The highest BCUT2D eigenvalue weighted by atomic mass is 16.6. The lowest BCUT2D eigenvalue weighted by Gasteiger charge is -2.11. The standard InChI is InChI=1S/C27H25N5O5/c1-18-8-13-24(37-2)23(14-18)29-26(34)16-28-25(33)15-20-17-31(21-6-4-3-5-7-21)30-27(20)19-9-11-22(12-10-19)32(35)36/h3-14,17H,15-16H2,1-2H3,(H,28,33)(H,29,34). The second-order valence-corrected chi connectivity index (χ2v) is 8.29. The fourth-order valence-electron chi connectivity index (χ4n) is 3.76. The van der Waals surface area contributed by atoms with Crippen molar-refractivity contribution < 1.29 is 19.2 Å². The van der Waals surface area contributed by atoms with Crippen molar-refractivity contribution in [1.29, 1.82) is 0 Å². The quantitative estimate of drug-likeness (QED) is 0.264. The van der Waals surface area contributed by atoms with Gasteiger partial charge in [0.15, 0.2) is 0 Å². The summed E-state index contributed by atoms with van der Waals surface area (Å²) in [5.74, 6) is -0.249. The number of hydrogen-bond donors (Lipinski definition) is 2. The smallest absolute Gasteiger partial charge is 0.269 e. The summed E-state index contributed by atoms with van der Waals surface area (Å²) in [7, 11) is 1.51. The van der Waals surface area contributed by atoms with Gasteiger partial charge in [0.25, 0.3) is 5.69 Å². The molecule has 0 atom stereocenters. The first kappa shape index (κ1) is 25.1. The number of non-ortho nitro benzene ring substituents is 1. The molecular formula is C27H25N5O5. The summed E-state index contributed by atoms with van der Waals surface area (Å²) in [5.41, 5.74) is 3.98. The van der Waals surface area contributed by atoms with Crippen molar-refractivity contribution in [3.05, 3.63) is 100 Å². The lowest BCUT2D eigenvalue weighted by Crippen LogP contribution is -2.33. The van der Waals surface area contributed by atoms with E-state index in [0.29, 0.717) is 28.3 Å². The number of anilines is 1. The van der Waals surface area contributed by atoms with E-state index in [-0.39, 0.29) is 24.6 Å². The van der Waals surface area contributed by atoms with Crippen LogP contribution in [0.5, 0.6) is 5.75 Å². The molecule has 10 heteroatoms. The van der Waals surface area contributed by atoms with Crippen molar-refractivity contribution in [1.82, 2.24) is 15.1 Å². The number of aryl methyl sites for hydroxylation is 1. The summed E-state index contributed by atoms with van der Waals surface area (Å²) < 4.78 is 6.92. The molecule has 0 fully saturated rings. The molecule has 37 heavy (non-hydrogen) atoms. The number of nitro groups is 1. The minimum atomic E-state index is -0.474. The van der Waals surface area contributed by atoms with Gasteiger partial charge in [-0.25, -0.2) is 4.68 Å². The van der Waals surface area contributed by atoms with Gasteiger partial charge in [-0.1, -0.05) is 24.3 Å². The van der Waals surface area contributed by atoms with Crippen LogP contribution in [-0.2, 0) is 16.0 Å². The Hall–Kier alpha value is -4.99. The summed E-state index contributed by atoms with van der Waals surface area (Å²) in [4.78, 5) is 35.8. The van der Waals surface area contributed by atoms with E-state index in [1.165, 1.54) is 19.2 Å². The summed E-state index contributed by atoms with van der Waals surface area (Å²) in [5, 5.41) is 21.1. The molecule has 0 saturated carbocycles. The number of nitrogens with zero attached hydrogens (tertiary/aromatic N) is 3. The largest absolute Gasteiger partial charge is 0.495 e. The topological polar surface area (TPSA) is 128 Å². The molecular weight excluding hydrogens is 474 g/mol. The van der Waals surface area contributed by atoms with E-state index >= 15 is 0 Å². The fraction of sp³-hybridized carbons (Fsp3) is 0.148. The molecule has 2 N–H and O–H groups in total. The molecule has 3 aromatic carbocycles. The van der Waals surface area contributed by atoms with Gasteiger partial charge in [-0.2, -0.15) is 5.10 Å². The maximum Gasteiger partial charge on any atom is 0.269 e. The number of nitrogens with one attached hydrogen (secondary N) is 2. The zero-order valence-electron chi connectivity index (χ0n) is 20.3. The second-order valence-electron chi connectivity index (χ2n) is 8.29. The average molecular weight is 500 g/mol. The van der Waals surface area contributed by atoms with E-state index in [9.17, 15) is 19.7 Å². The molecule has 0 aliphatic heterocycles. The van der Waals surface area contributed by atoms with Gasteiger partial charge in [-0.05, 0) is 48.9 Å². The first-order valence-electron chi connectivity index (χ1n) is 11.4. The number of methoxy groups -OCH3 is 1. The third-order valence-electron chi connectivity index (χ3n) is 5.59. The molecule has 0 aliphatic carbocycles. The van der Waals surface area contributed by atoms with Crippen LogP contribution < -0.4 is 15.4 Å². The van der Waals surface area contributed by atoms with Crippen LogP contribution in [0.15, 0.2) is 79.0 Å². The SMILES string of the molecule is COc1ccc(C)cc1NC(=O)CNC(=O)Cc1cn(-c2ccccc2)nc1-c1ccc([N+](=O)[O-])cc1. The number of rotatable bonds is 9. The third-order valence-corrected chi connectivity index (χ3v) is 5.59. The van der Waals surface area contributed by atoms with E-state index in [1.807, 2.05) is 43.3 Å². The maximum atomic E-state index is 12.8. The first-order chi connectivity index (χ1) is 17.8. The van der Waals surface area contributed by atoms with E-state index in [1.54, 1.807) is 35.1 Å². The van der Waals surface area contributed by atoms with E-state index in [2.05, 4.69) is 15.7 Å². The molecule has 4 aromatic rings. The highest BCUT2D eigenvalue weighted by Gasteiger charge is 2.17. The zero-order chi connectivity index (χ0) is 26.4. The number of nitro benzene ring substituents is 1. The minimum absolute atomic E-state index is 0.0400. The fourth-order valence-corrected chi connectivity index (χ4v) is 3.76. The lowest BCUT2D eigenvalue weighted by molar-refractivity contribution is -0.384. The zero-order valence-corrected chi connectivity index (χ0v) is 20.3. The molecule has 4 rings (SSSR count). The number of para-hydroxylation sites is 1. The van der Waals surface area contributed by atoms with Crippen LogP contribution in [0.25, 0.3) is 16.9 Å². The van der Waals surface area contributed by atoms with Crippen LogP contribution in [0.2, 0.25) is 0 Å². The molecule has 2 amide bonds. The van der Waals surface area contributed by atoms with Gasteiger partial charge in [0.05, 0.1) is 42.1 Å². The van der Waals surface area contributed by atoms with E-state index in [0.717, 1.165) is 11.3 Å². The van der Waals surface area contributed by atoms with Gasteiger partial charge in [0.2, 0.25) is 11.8 Å². The van der Waals surface area contributed by atoms with Crippen LogP contribution >= 0.6 is 0 Å². The number of aromatic nitrogens is 2. The van der Waals surface area contributed by atoms with Crippen LogP contribution in [0, 0.1) is 17.0 Å². The van der Waals surface area contributed by atoms with Crippen molar-refractivity contribution in [3.8, 4) is 22.7 Å². The summed E-state index contributed by atoms with van der Waals surface area (Å²) in [6, 6.07) is 20.8.